The van der Waals surface area contributed by atoms with E-state index in [1.807, 2.05) is 0 Å². The predicted octanol–water partition coefficient (Wildman–Crippen LogP) is -1.46. The molecule has 56 valence electrons. The van der Waals surface area contributed by atoms with E-state index < -0.39 is 24.4 Å². The Morgan fingerprint density at radius 2 is 2.30 bits per heavy atom. The average molecular weight is 145 g/mol. The molecule has 3 N–H and O–H groups in total. The van der Waals surface area contributed by atoms with E-state index in [4.69, 9.17) is 23.4 Å². The summed E-state index contributed by atoms with van der Waals surface area (Å²) in [6.45, 7) is 0.0925. The minimum absolute atomic E-state index is 0.0925. The summed E-state index contributed by atoms with van der Waals surface area (Å²) < 4.78 is 17.4. The molecule has 3 nitrogen and oxygen atoms in total. The summed E-state index contributed by atoms with van der Waals surface area (Å²) in [6, 6.07) is -1.02. The number of aliphatic hydroxyl groups excluding tert-OH is 1. The lowest BCUT2D eigenvalue weighted by Gasteiger charge is -2.09. The van der Waals surface area contributed by atoms with Crippen LogP contribution in [0.15, 0.2) is 0 Å². The van der Waals surface area contributed by atoms with Gasteiger partial charge in [-0.15, -0.1) is 0 Å². The van der Waals surface area contributed by atoms with Gasteiger partial charge in [0.1, 0.15) is 20.1 Å². The molecule has 0 bridgehead atoms. The van der Waals surface area contributed by atoms with Crippen molar-refractivity contribution in [2.24, 2.45) is 5.73 Å². The first-order valence-electron chi connectivity index (χ1n) is 3.10. The normalized spacial score (nSPS) is 47.9. The highest BCUT2D eigenvalue weighted by Gasteiger charge is 2.40. The first-order chi connectivity index (χ1) is 4.66. The van der Waals surface area contributed by atoms with E-state index >= 15 is 0 Å². The summed E-state index contributed by atoms with van der Waals surface area (Å²) in [6.07, 6.45) is -3.32. The van der Waals surface area contributed by atoms with Crippen molar-refractivity contribution < 1.29 is 14.2 Å². The maximum atomic E-state index is 12.6. The second-order valence-electron chi connectivity index (χ2n) is 2.31. The largest absolute Gasteiger partial charge is 0.387 e. The minimum Gasteiger partial charge on any atom is -0.387 e. The fourth-order valence-electron chi connectivity index (χ4n) is 0.952. The van der Waals surface area contributed by atoms with Crippen molar-refractivity contribution in [1.82, 2.24) is 0 Å². The number of hydrogen-bond donors (Lipinski definition) is 2. The Labute approximate surface area is 59.8 Å². The lowest BCUT2D eigenvalue weighted by Crippen LogP contribution is -2.33. The Bertz CT molecular complexity index is 126. The highest BCUT2D eigenvalue weighted by atomic mass is 19.1. The number of nitrogens with two attached hydrogens (primary N) is 1. The maximum absolute atomic E-state index is 12.6. The molecule has 1 unspecified atom stereocenters. The van der Waals surface area contributed by atoms with Gasteiger partial charge < -0.3 is 15.6 Å². The zero-order chi connectivity index (χ0) is 7.72. The standard InChI is InChI=1S/C5H9BFNO2/c6-5-3(7)4(9)2(1-8)10-5/h2-5,9H,1,8H2/t2-,3+,4?,5-/m1/s1. The molecule has 4 atom stereocenters. The van der Waals surface area contributed by atoms with Crippen molar-refractivity contribution in [2.75, 3.05) is 6.54 Å². The predicted molar refractivity (Wildman–Crippen MR) is 34.4 cm³/mol. The summed E-state index contributed by atoms with van der Waals surface area (Å²) in [5, 5.41) is 8.97. The SMILES string of the molecule is [B][C@@H]1O[C@H](CN)C(O)[C@@H]1F. The van der Waals surface area contributed by atoms with Crippen LogP contribution >= 0.6 is 0 Å². The van der Waals surface area contributed by atoms with Gasteiger partial charge >= 0.3 is 0 Å². The fourth-order valence-corrected chi connectivity index (χ4v) is 0.952. The molecule has 0 spiro atoms. The molecule has 1 fully saturated rings. The van der Waals surface area contributed by atoms with Gasteiger partial charge in [-0.05, 0) is 0 Å². The minimum atomic E-state index is -1.51. The van der Waals surface area contributed by atoms with Crippen LogP contribution in [-0.4, -0.2) is 43.9 Å². The zero-order valence-electron chi connectivity index (χ0n) is 5.40. The highest BCUT2D eigenvalue weighted by molar-refractivity contribution is 6.11. The highest BCUT2D eigenvalue weighted by Crippen LogP contribution is 2.20. The van der Waals surface area contributed by atoms with Crippen LogP contribution in [0.3, 0.4) is 0 Å². The van der Waals surface area contributed by atoms with Crippen LogP contribution in [0.5, 0.6) is 0 Å². The van der Waals surface area contributed by atoms with Gasteiger partial charge in [0, 0.05) is 6.54 Å². The molecule has 0 saturated carbocycles. The first kappa shape index (κ1) is 7.98. The molecule has 1 aliphatic heterocycles. The Morgan fingerprint density at radius 3 is 2.50 bits per heavy atom. The van der Waals surface area contributed by atoms with Gasteiger partial charge in [0.05, 0.1) is 12.1 Å². The van der Waals surface area contributed by atoms with Crippen molar-refractivity contribution in [3.05, 3.63) is 0 Å². The Balaban J connectivity index is 2.53. The summed E-state index contributed by atoms with van der Waals surface area (Å²) >= 11 is 0. The summed E-state index contributed by atoms with van der Waals surface area (Å²) in [5.41, 5.74) is 5.14. The van der Waals surface area contributed by atoms with E-state index in [1.165, 1.54) is 0 Å². The molecule has 0 amide bonds. The number of halogens is 1. The van der Waals surface area contributed by atoms with Crippen molar-refractivity contribution >= 4 is 7.85 Å². The second-order valence-corrected chi connectivity index (χ2v) is 2.31. The van der Waals surface area contributed by atoms with Gasteiger partial charge in [-0.3, -0.25) is 0 Å². The molecule has 2 radical (unpaired) electrons. The van der Waals surface area contributed by atoms with E-state index in [9.17, 15) is 4.39 Å². The van der Waals surface area contributed by atoms with Crippen molar-refractivity contribution in [3.63, 3.8) is 0 Å². The topological polar surface area (TPSA) is 55.5 Å². The number of aliphatic hydroxyl groups is 1. The third kappa shape index (κ3) is 1.16. The molecule has 10 heavy (non-hydrogen) atoms. The Kier molecular flexibility index (Phi) is 2.28. The van der Waals surface area contributed by atoms with Gasteiger partial charge in [0.15, 0.2) is 0 Å². The lowest BCUT2D eigenvalue weighted by molar-refractivity contribution is 0.0365. The quantitative estimate of drug-likeness (QED) is 0.443. The number of rotatable bonds is 1. The van der Waals surface area contributed by atoms with E-state index in [0.717, 1.165) is 0 Å². The molecular formula is C5H9BFNO2. The van der Waals surface area contributed by atoms with Crippen LogP contribution in [0.1, 0.15) is 0 Å². The molecule has 0 aromatic carbocycles. The molecule has 5 heteroatoms. The first-order valence-corrected chi connectivity index (χ1v) is 3.10. The Hall–Kier alpha value is -0.125. The van der Waals surface area contributed by atoms with Crippen LogP contribution < -0.4 is 5.73 Å². The van der Waals surface area contributed by atoms with Gasteiger partial charge in [0.2, 0.25) is 0 Å². The maximum Gasteiger partial charge on any atom is 0.146 e. The molecule has 0 aromatic heterocycles. The van der Waals surface area contributed by atoms with Crippen molar-refractivity contribution in [1.29, 1.82) is 0 Å². The Morgan fingerprint density at radius 1 is 1.70 bits per heavy atom. The molecule has 0 aromatic rings. The third-order valence-electron chi connectivity index (χ3n) is 1.59. The number of ether oxygens (including phenoxy) is 1. The summed E-state index contributed by atoms with van der Waals surface area (Å²) in [5.74, 6) is 0. The van der Waals surface area contributed by atoms with Crippen LogP contribution in [0.4, 0.5) is 4.39 Å². The molecular weight excluding hydrogens is 136 g/mol. The molecule has 1 saturated heterocycles. The summed E-state index contributed by atoms with van der Waals surface area (Å²) in [4.78, 5) is 0. The van der Waals surface area contributed by atoms with Crippen molar-refractivity contribution in [3.8, 4) is 0 Å². The molecule has 1 rings (SSSR count). The average Bonchev–Trinajstić information content (AvgIpc) is 2.17. The van der Waals surface area contributed by atoms with Gasteiger partial charge in [0.25, 0.3) is 0 Å². The van der Waals surface area contributed by atoms with E-state index in [2.05, 4.69) is 0 Å². The van der Waals surface area contributed by atoms with Crippen LogP contribution in [-0.2, 0) is 4.74 Å². The van der Waals surface area contributed by atoms with Crippen LogP contribution in [0, 0.1) is 0 Å². The molecule has 1 heterocycles. The molecule has 1 aliphatic rings. The monoisotopic (exact) mass is 145 g/mol. The van der Waals surface area contributed by atoms with E-state index in [-0.39, 0.29) is 6.54 Å². The van der Waals surface area contributed by atoms with Crippen LogP contribution in [0.2, 0.25) is 0 Å². The third-order valence-corrected chi connectivity index (χ3v) is 1.59. The smallest absolute Gasteiger partial charge is 0.146 e. The van der Waals surface area contributed by atoms with Crippen molar-refractivity contribution in [2.45, 2.75) is 24.4 Å². The lowest BCUT2D eigenvalue weighted by atomic mass is 9.94. The second kappa shape index (κ2) is 2.86. The van der Waals surface area contributed by atoms with E-state index in [0.29, 0.717) is 0 Å². The number of alkyl halides is 1. The van der Waals surface area contributed by atoms with Gasteiger partial charge in [-0.25, -0.2) is 4.39 Å². The zero-order valence-corrected chi connectivity index (χ0v) is 5.40. The number of hydrogen-bond acceptors (Lipinski definition) is 3. The fraction of sp³-hybridized carbons (Fsp3) is 1.00. The van der Waals surface area contributed by atoms with Gasteiger partial charge in [-0.2, -0.15) is 0 Å². The summed E-state index contributed by atoms with van der Waals surface area (Å²) in [7, 11) is 5.12. The van der Waals surface area contributed by atoms with E-state index in [1.54, 1.807) is 0 Å². The molecule has 0 aliphatic carbocycles. The van der Waals surface area contributed by atoms with Crippen LogP contribution in [0.25, 0.3) is 0 Å². The van der Waals surface area contributed by atoms with Gasteiger partial charge in [-0.1, -0.05) is 0 Å².